The first-order chi connectivity index (χ1) is 29.2. The van der Waals surface area contributed by atoms with Crippen LogP contribution in [0.4, 0.5) is 0 Å². The predicted octanol–water partition coefficient (Wildman–Crippen LogP) is 13.3. The molecule has 0 saturated heterocycles. The lowest BCUT2D eigenvalue weighted by molar-refractivity contribution is 0.732. The van der Waals surface area contributed by atoms with Crippen LogP contribution in [-0.2, 0) is 5.41 Å². The standard InChI is InChI=1S/C56H38N2Si/c1-59-54-27-11-6-21-48(54)56(47-20-5-10-26-53(47)58-52-25-9-4-18-45(52)46-19-13-22-49(56)55(46)58)41-15-12-14-40(36-41)39-30-28-37(29-31-39)38-32-34-42(35-33-38)57-50-23-7-2-16-43(50)44-17-3-8-24-51(44)57/h2-36H,1H3/q+1. The van der Waals surface area contributed by atoms with E-state index in [-0.39, 0.29) is 0 Å². The van der Waals surface area contributed by atoms with Crippen molar-refractivity contribution in [3.8, 4) is 33.6 Å². The van der Waals surface area contributed by atoms with Gasteiger partial charge in [0.25, 0.3) is 0 Å². The molecule has 0 spiro atoms. The zero-order valence-corrected chi connectivity index (χ0v) is 33.6. The third-order valence-corrected chi connectivity index (χ3v) is 13.8. The molecule has 3 heteroatoms. The van der Waals surface area contributed by atoms with Gasteiger partial charge in [-0.3, -0.25) is 0 Å². The lowest BCUT2D eigenvalue weighted by atomic mass is 9.62. The van der Waals surface area contributed by atoms with Gasteiger partial charge < -0.3 is 9.13 Å². The highest BCUT2D eigenvalue weighted by Crippen LogP contribution is 2.54. The Morgan fingerprint density at radius 1 is 0.373 bits per heavy atom. The summed E-state index contributed by atoms with van der Waals surface area (Å²) >= 11 is 0. The molecular weight excluding hydrogens is 729 g/mol. The van der Waals surface area contributed by atoms with Crippen molar-refractivity contribution >= 4 is 58.3 Å². The molecule has 2 nitrogen and oxygen atoms in total. The van der Waals surface area contributed by atoms with Gasteiger partial charge in [0, 0.05) is 32.8 Å². The first-order valence-electron chi connectivity index (χ1n) is 20.4. The van der Waals surface area contributed by atoms with Crippen molar-refractivity contribution in [1.29, 1.82) is 0 Å². The zero-order valence-electron chi connectivity index (χ0n) is 32.6. The summed E-state index contributed by atoms with van der Waals surface area (Å²) in [6.45, 7) is 2.31. The Balaban J connectivity index is 0.992. The normalized spacial score (nSPS) is 14.6. The Kier molecular flexibility index (Phi) is 7.57. The van der Waals surface area contributed by atoms with E-state index in [4.69, 9.17) is 0 Å². The molecule has 1 radical (unpaired) electrons. The maximum Gasteiger partial charge on any atom is 0.520 e. The summed E-state index contributed by atoms with van der Waals surface area (Å²) in [7, 11) is 0.651. The molecule has 0 saturated carbocycles. The highest BCUT2D eigenvalue weighted by atomic mass is 28.2. The van der Waals surface area contributed by atoms with Crippen molar-refractivity contribution in [3.05, 3.63) is 235 Å². The second-order valence-electron chi connectivity index (χ2n) is 15.7. The lowest BCUT2D eigenvalue weighted by Crippen LogP contribution is -2.40. The highest BCUT2D eigenvalue weighted by Gasteiger charge is 2.47. The van der Waals surface area contributed by atoms with Gasteiger partial charge in [0.1, 0.15) is 5.19 Å². The molecule has 1 unspecified atom stereocenters. The fraction of sp³-hybridized carbons (Fsp3) is 0.0357. The lowest BCUT2D eigenvalue weighted by Gasteiger charge is -2.41. The molecule has 0 aliphatic carbocycles. The fourth-order valence-electron chi connectivity index (χ4n) is 10.3. The summed E-state index contributed by atoms with van der Waals surface area (Å²) < 4.78 is 4.89. The maximum absolute atomic E-state index is 2.52. The van der Waals surface area contributed by atoms with Gasteiger partial charge in [-0.2, -0.15) is 0 Å². The minimum Gasteiger partial charge on any atom is -0.309 e. The SMILES string of the molecule is C[Si+]c1ccccc1C1(c2cccc(-c3ccc(-c4ccc(-n5c6ccccc6c6ccccc65)cc4)cc3)c2)c2ccccc2-n2c3ccccc3c3cccc1c32. The number of fused-ring (bicyclic) bond motifs is 8. The van der Waals surface area contributed by atoms with Crippen molar-refractivity contribution in [2.45, 2.75) is 12.0 Å². The van der Waals surface area contributed by atoms with Gasteiger partial charge in [0.15, 0.2) is 0 Å². The number of nitrogens with zero attached hydrogens (tertiary/aromatic N) is 2. The predicted molar refractivity (Wildman–Crippen MR) is 249 cm³/mol. The number of hydrogen-bond donors (Lipinski definition) is 0. The number of aromatic nitrogens is 2. The summed E-state index contributed by atoms with van der Waals surface area (Å²) in [4.78, 5) is 0. The molecule has 1 aliphatic rings. The minimum atomic E-state index is -0.534. The number of rotatable bonds is 6. The Labute approximate surface area is 346 Å². The summed E-state index contributed by atoms with van der Waals surface area (Å²) in [5, 5.41) is 6.53. The summed E-state index contributed by atoms with van der Waals surface area (Å²) in [6.07, 6.45) is 0. The number of para-hydroxylation sites is 5. The summed E-state index contributed by atoms with van der Waals surface area (Å²) in [5.74, 6) is 0. The van der Waals surface area contributed by atoms with Crippen LogP contribution in [0.2, 0.25) is 6.55 Å². The van der Waals surface area contributed by atoms with E-state index in [0.717, 1.165) is 0 Å². The molecule has 2 aromatic heterocycles. The number of benzene rings is 9. The molecule has 59 heavy (non-hydrogen) atoms. The number of hydrogen-bond acceptors (Lipinski definition) is 0. The Bertz CT molecular complexity index is 3370. The first kappa shape index (κ1) is 33.9. The minimum absolute atomic E-state index is 0.534. The molecular formula is C56H38N2Si+. The Hall–Kier alpha value is -7.20. The molecule has 0 N–H and O–H groups in total. The van der Waals surface area contributed by atoms with E-state index >= 15 is 0 Å². The van der Waals surface area contributed by atoms with Crippen LogP contribution in [-0.4, -0.2) is 18.7 Å². The Morgan fingerprint density at radius 2 is 0.864 bits per heavy atom. The first-order valence-corrected chi connectivity index (χ1v) is 21.9. The third-order valence-electron chi connectivity index (χ3n) is 12.8. The van der Waals surface area contributed by atoms with Gasteiger partial charge in [-0.05, 0) is 87.5 Å². The van der Waals surface area contributed by atoms with E-state index in [2.05, 4.69) is 228 Å². The average Bonchev–Trinajstić information content (AvgIpc) is 3.84. The van der Waals surface area contributed by atoms with Gasteiger partial charge in [0.05, 0.1) is 39.7 Å². The van der Waals surface area contributed by atoms with Crippen molar-refractivity contribution in [3.63, 3.8) is 0 Å². The zero-order chi connectivity index (χ0) is 39.1. The molecule has 3 heterocycles. The summed E-state index contributed by atoms with van der Waals surface area (Å²) in [5.41, 5.74) is 17.0. The van der Waals surface area contributed by atoms with Crippen LogP contribution < -0.4 is 5.19 Å². The average molecular weight is 767 g/mol. The van der Waals surface area contributed by atoms with E-state index in [9.17, 15) is 0 Å². The third kappa shape index (κ3) is 4.86. The van der Waals surface area contributed by atoms with Gasteiger partial charge in [0.2, 0.25) is 0 Å². The maximum atomic E-state index is 2.52. The van der Waals surface area contributed by atoms with E-state index in [1.54, 1.807) is 0 Å². The molecule has 1 atom stereocenters. The van der Waals surface area contributed by atoms with Crippen molar-refractivity contribution in [2.75, 3.05) is 0 Å². The van der Waals surface area contributed by atoms with Crippen LogP contribution in [0.5, 0.6) is 0 Å². The van der Waals surface area contributed by atoms with Gasteiger partial charge in [-0.1, -0.05) is 164 Å². The van der Waals surface area contributed by atoms with Crippen LogP contribution >= 0.6 is 0 Å². The quantitative estimate of drug-likeness (QED) is 0.149. The van der Waals surface area contributed by atoms with Gasteiger partial charge in [-0.15, -0.1) is 0 Å². The molecule has 9 aromatic carbocycles. The van der Waals surface area contributed by atoms with Crippen molar-refractivity contribution < 1.29 is 0 Å². The topological polar surface area (TPSA) is 9.86 Å². The highest BCUT2D eigenvalue weighted by molar-refractivity contribution is 6.52. The van der Waals surface area contributed by atoms with Crippen molar-refractivity contribution in [1.82, 2.24) is 9.13 Å². The van der Waals surface area contributed by atoms with E-state index < -0.39 is 5.41 Å². The summed E-state index contributed by atoms with van der Waals surface area (Å²) in [6, 6.07) is 79.0. The van der Waals surface area contributed by atoms with Gasteiger partial charge in [-0.25, -0.2) is 0 Å². The van der Waals surface area contributed by atoms with E-state index in [1.165, 1.54) is 105 Å². The fourth-order valence-corrected chi connectivity index (χ4v) is 11.1. The van der Waals surface area contributed by atoms with Crippen LogP contribution in [0.25, 0.3) is 77.2 Å². The van der Waals surface area contributed by atoms with Gasteiger partial charge >= 0.3 is 9.52 Å². The molecule has 11 aromatic rings. The monoisotopic (exact) mass is 766 g/mol. The molecule has 275 valence electrons. The van der Waals surface area contributed by atoms with Crippen LogP contribution in [0.1, 0.15) is 22.3 Å². The van der Waals surface area contributed by atoms with Crippen molar-refractivity contribution in [2.24, 2.45) is 0 Å². The largest absolute Gasteiger partial charge is 0.520 e. The van der Waals surface area contributed by atoms with Crippen LogP contribution in [0, 0.1) is 0 Å². The smallest absolute Gasteiger partial charge is 0.309 e. The molecule has 0 amide bonds. The van der Waals surface area contributed by atoms with E-state index in [0.29, 0.717) is 9.52 Å². The van der Waals surface area contributed by atoms with Crippen LogP contribution in [0.15, 0.2) is 212 Å². The molecule has 1 aliphatic heterocycles. The molecule has 0 fully saturated rings. The van der Waals surface area contributed by atoms with Crippen LogP contribution in [0.3, 0.4) is 0 Å². The Morgan fingerprint density at radius 3 is 1.54 bits per heavy atom. The molecule has 12 rings (SSSR count). The second kappa shape index (κ2) is 13.2. The second-order valence-corrected chi connectivity index (χ2v) is 16.7. The van der Waals surface area contributed by atoms with E-state index in [1.807, 2.05) is 0 Å². The molecule has 0 bridgehead atoms.